The minimum Gasteiger partial charge on any atom is -0.399 e. The fourth-order valence-corrected chi connectivity index (χ4v) is 3.04. The number of amides is 1. The van der Waals surface area contributed by atoms with Crippen molar-refractivity contribution in [1.29, 1.82) is 0 Å². The van der Waals surface area contributed by atoms with E-state index in [1.165, 1.54) is 25.7 Å². The third kappa shape index (κ3) is 5.58. The molecule has 0 radical (unpaired) electrons. The number of carbonyl (C=O) groups is 1. The van der Waals surface area contributed by atoms with E-state index in [1.54, 1.807) is 0 Å². The van der Waals surface area contributed by atoms with Crippen molar-refractivity contribution in [2.24, 2.45) is 11.8 Å². The maximum absolute atomic E-state index is 11.9. The molecule has 1 fully saturated rings. The SMILES string of the molecule is CC1CCCCC1CNC(=O)CCc1ccccc1N.Cl. The van der Waals surface area contributed by atoms with Crippen LogP contribution < -0.4 is 11.1 Å². The highest BCUT2D eigenvalue weighted by molar-refractivity contribution is 5.85. The number of benzene rings is 1. The van der Waals surface area contributed by atoms with Gasteiger partial charge in [0.2, 0.25) is 5.91 Å². The lowest BCUT2D eigenvalue weighted by Crippen LogP contribution is -2.33. The summed E-state index contributed by atoms with van der Waals surface area (Å²) in [5, 5.41) is 3.09. The minimum atomic E-state index is 0. The van der Waals surface area contributed by atoms with Crippen LogP contribution in [0.1, 0.15) is 44.6 Å². The molecule has 2 atom stereocenters. The number of nitrogens with two attached hydrogens (primary N) is 1. The fraction of sp³-hybridized carbons (Fsp3) is 0.588. The Kier molecular flexibility index (Phi) is 7.58. The van der Waals surface area contributed by atoms with E-state index in [0.29, 0.717) is 12.3 Å². The van der Waals surface area contributed by atoms with E-state index in [9.17, 15) is 4.79 Å². The van der Waals surface area contributed by atoms with Crippen LogP contribution in [-0.2, 0) is 11.2 Å². The molecule has 0 aliphatic heterocycles. The number of hydrogen-bond donors (Lipinski definition) is 2. The van der Waals surface area contributed by atoms with Crippen LogP contribution >= 0.6 is 12.4 Å². The van der Waals surface area contributed by atoms with Gasteiger partial charge in [-0.25, -0.2) is 0 Å². The molecule has 4 heteroatoms. The summed E-state index contributed by atoms with van der Waals surface area (Å²) in [6, 6.07) is 7.76. The van der Waals surface area contributed by atoms with Gasteiger partial charge in [0.15, 0.2) is 0 Å². The van der Waals surface area contributed by atoms with Gasteiger partial charge in [-0.05, 0) is 36.3 Å². The van der Waals surface area contributed by atoms with Gasteiger partial charge in [-0.1, -0.05) is 44.4 Å². The molecule has 1 aliphatic carbocycles. The Labute approximate surface area is 134 Å². The van der Waals surface area contributed by atoms with Gasteiger partial charge in [0, 0.05) is 18.7 Å². The highest BCUT2D eigenvalue weighted by Crippen LogP contribution is 2.28. The van der Waals surface area contributed by atoms with Crippen molar-refractivity contribution in [3.8, 4) is 0 Å². The lowest BCUT2D eigenvalue weighted by molar-refractivity contribution is -0.121. The third-order valence-corrected chi connectivity index (χ3v) is 4.53. The molecule has 21 heavy (non-hydrogen) atoms. The van der Waals surface area contributed by atoms with Gasteiger partial charge in [-0.2, -0.15) is 0 Å². The topological polar surface area (TPSA) is 55.1 Å². The van der Waals surface area contributed by atoms with E-state index in [0.717, 1.165) is 30.1 Å². The standard InChI is InChI=1S/C17H26N2O.ClH/c1-13-6-2-3-8-15(13)12-19-17(20)11-10-14-7-4-5-9-16(14)18;/h4-5,7,9,13,15H,2-3,6,8,10-12,18H2,1H3,(H,19,20);1H. The molecule has 0 saturated heterocycles. The smallest absolute Gasteiger partial charge is 0.220 e. The normalized spacial score (nSPS) is 21.4. The van der Waals surface area contributed by atoms with Crippen LogP contribution in [0.5, 0.6) is 0 Å². The summed E-state index contributed by atoms with van der Waals surface area (Å²) in [5.74, 6) is 1.55. The number of rotatable bonds is 5. The number of nitrogen functional groups attached to an aromatic ring is 1. The number of halogens is 1. The summed E-state index contributed by atoms with van der Waals surface area (Å²) in [6.07, 6.45) is 6.46. The molecular formula is C17H27ClN2O. The lowest BCUT2D eigenvalue weighted by atomic mass is 9.80. The van der Waals surface area contributed by atoms with Crippen molar-refractivity contribution in [2.75, 3.05) is 12.3 Å². The molecule has 1 amide bonds. The van der Waals surface area contributed by atoms with Gasteiger partial charge in [-0.15, -0.1) is 12.4 Å². The first-order valence-electron chi connectivity index (χ1n) is 7.77. The average Bonchev–Trinajstić information content (AvgIpc) is 2.45. The van der Waals surface area contributed by atoms with Crippen molar-refractivity contribution in [2.45, 2.75) is 45.4 Å². The quantitative estimate of drug-likeness (QED) is 0.817. The number of para-hydroxylation sites is 1. The monoisotopic (exact) mass is 310 g/mol. The number of aryl methyl sites for hydroxylation is 1. The molecular weight excluding hydrogens is 284 g/mol. The Morgan fingerprint density at radius 2 is 2.00 bits per heavy atom. The zero-order chi connectivity index (χ0) is 14.4. The first kappa shape index (κ1) is 17.8. The van der Waals surface area contributed by atoms with Gasteiger partial charge in [0.05, 0.1) is 0 Å². The van der Waals surface area contributed by atoms with Crippen molar-refractivity contribution in [3.05, 3.63) is 29.8 Å². The van der Waals surface area contributed by atoms with E-state index in [1.807, 2.05) is 24.3 Å². The molecule has 2 rings (SSSR count). The summed E-state index contributed by atoms with van der Waals surface area (Å²) in [7, 11) is 0. The van der Waals surface area contributed by atoms with Gasteiger partial charge in [0.25, 0.3) is 0 Å². The maximum atomic E-state index is 11.9. The second-order valence-electron chi connectivity index (χ2n) is 6.02. The number of nitrogens with one attached hydrogen (secondary N) is 1. The highest BCUT2D eigenvalue weighted by atomic mass is 35.5. The summed E-state index contributed by atoms with van der Waals surface area (Å²) in [5.41, 5.74) is 7.73. The van der Waals surface area contributed by atoms with Crippen LogP contribution in [0.4, 0.5) is 5.69 Å². The molecule has 2 unspecified atom stereocenters. The molecule has 1 aromatic carbocycles. The maximum Gasteiger partial charge on any atom is 0.220 e. The summed E-state index contributed by atoms with van der Waals surface area (Å²) < 4.78 is 0. The lowest BCUT2D eigenvalue weighted by Gasteiger charge is -2.28. The van der Waals surface area contributed by atoms with Crippen LogP contribution in [0.25, 0.3) is 0 Å². The van der Waals surface area contributed by atoms with E-state index >= 15 is 0 Å². The molecule has 118 valence electrons. The minimum absolute atomic E-state index is 0. The van der Waals surface area contributed by atoms with Crippen LogP contribution in [0.2, 0.25) is 0 Å². The van der Waals surface area contributed by atoms with Gasteiger partial charge < -0.3 is 11.1 Å². The Morgan fingerprint density at radius 1 is 1.29 bits per heavy atom. The van der Waals surface area contributed by atoms with Gasteiger partial charge >= 0.3 is 0 Å². The van der Waals surface area contributed by atoms with E-state index in [2.05, 4.69) is 12.2 Å². The Hall–Kier alpha value is -1.22. The molecule has 0 aromatic heterocycles. The van der Waals surface area contributed by atoms with E-state index < -0.39 is 0 Å². The average molecular weight is 311 g/mol. The molecule has 0 spiro atoms. The van der Waals surface area contributed by atoms with E-state index in [4.69, 9.17) is 5.73 Å². The van der Waals surface area contributed by atoms with Crippen molar-refractivity contribution in [3.63, 3.8) is 0 Å². The van der Waals surface area contributed by atoms with Crippen molar-refractivity contribution < 1.29 is 4.79 Å². The van der Waals surface area contributed by atoms with Crippen LogP contribution in [0.3, 0.4) is 0 Å². The first-order valence-corrected chi connectivity index (χ1v) is 7.77. The second kappa shape index (κ2) is 8.93. The largest absolute Gasteiger partial charge is 0.399 e. The molecule has 0 bridgehead atoms. The van der Waals surface area contributed by atoms with Gasteiger partial charge in [0.1, 0.15) is 0 Å². The highest BCUT2D eigenvalue weighted by Gasteiger charge is 2.21. The number of carbonyl (C=O) groups excluding carboxylic acids is 1. The molecule has 1 aliphatic rings. The van der Waals surface area contributed by atoms with Crippen molar-refractivity contribution in [1.82, 2.24) is 5.32 Å². The predicted octanol–water partition coefficient (Wildman–Crippen LogP) is 3.57. The zero-order valence-electron chi connectivity index (χ0n) is 12.8. The first-order chi connectivity index (χ1) is 9.66. The van der Waals surface area contributed by atoms with Crippen LogP contribution in [-0.4, -0.2) is 12.5 Å². The summed E-state index contributed by atoms with van der Waals surface area (Å²) in [6.45, 7) is 3.14. The summed E-state index contributed by atoms with van der Waals surface area (Å²) in [4.78, 5) is 11.9. The molecule has 0 heterocycles. The van der Waals surface area contributed by atoms with Crippen LogP contribution in [0.15, 0.2) is 24.3 Å². The van der Waals surface area contributed by atoms with Crippen molar-refractivity contribution >= 4 is 24.0 Å². The number of hydrogen-bond acceptors (Lipinski definition) is 2. The predicted molar refractivity (Wildman–Crippen MR) is 90.6 cm³/mol. The molecule has 1 aromatic rings. The third-order valence-electron chi connectivity index (χ3n) is 4.53. The zero-order valence-corrected chi connectivity index (χ0v) is 13.6. The molecule has 1 saturated carbocycles. The molecule has 3 N–H and O–H groups in total. The Balaban J connectivity index is 0.00000220. The second-order valence-corrected chi connectivity index (χ2v) is 6.02. The van der Waals surface area contributed by atoms with Gasteiger partial charge in [-0.3, -0.25) is 4.79 Å². The van der Waals surface area contributed by atoms with Crippen LogP contribution in [0, 0.1) is 11.8 Å². The number of anilines is 1. The summed E-state index contributed by atoms with van der Waals surface area (Å²) >= 11 is 0. The Bertz CT molecular complexity index is 450. The molecule has 3 nitrogen and oxygen atoms in total. The van der Waals surface area contributed by atoms with E-state index in [-0.39, 0.29) is 18.3 Å². The Morgan fingerprint density at radius 3 is 2.71 bits per heavy atom. The fourth-order valence-electron chi connectivity index (χ4n) is 3.04.